The molecule has 0 unspecified atom stereocenters. The monoisotopic (exact) mass is 292 g/mol. The van der Waals surface area contributed by atoms with E-state index in [0.717, 1.165) is 5.57 Å². The first-order valence-electron chi connectivity index (χ1n) is 6.47. The van der Waals surface area contributed by atoms with Gasteiger partial charge in [0.1, 0.15) is 5.78 Å². The van der Waals surface area contributed by atoms with Gasteiger partial charge in [0.2, 0.25) is 0 Å². The molecule has 0 bridgehead atoms. The molecule has 0 aromatic heterocycles. The average molecular weight is 293 g/mol. The van der Waals surface area contributed by atoms with E-state index in [-0.39, 0.29) is 23.8 Å². The van der Waals surface area contributed by atoms with E-state index in [1.807, 2.05) is 0 Å². The Labute approximate surface area is 123 Å². The summed E-state index contributed by atoms with van der Waals surface area (Å²) < 4.78 is 0. The van der Waals surface area contributed by atoms with Crippen molar-refractivity contribution < 1.29 is 9.59 Å². The third kappa shape index (κ3) is 3.61. The molecular weight excluding hydrogens is 276 g/mol. The quantitative estimate of drug-likeness (QED) is 0.839. The van der Waals surface area contributed by atoms with Crippen LogP contribution in [0.15, 0.2) is 36.4 Å². The normalized spacial score (nSPS) is 21.6. The predicted molar refractivity (Wildman–Crippen MR) is 79.9 cm³/mol. The van der Waals surface area contributed by atoms with Crippen LogP contribution in [-0.2, 0) is 4.79 Å². The fraction of sp³-hybridized carbons (Fsp3) is 0.333. The van der Waals surface area contributed by atoms with Crippen molar-refractivity contribution >= 4 is 29.1 Å². The highest BCUT2D eigenvalue weighted by atomic mass is 35.5. The average Bonchev–Trinajstić information content (AvgIpc) is 2.73. The smallest absolute Gasteiger partial charge is 0.319 e. The number of hydrogen-bond acceptors (Lipinski definition) is 2. The second-order valence-electron chi connectivity index (χ2n) is 5.06. The number of Topliss-reactive ketones (excluding diaryl/α,β-unsaturated/α-hetero) is 1. The maximum atomic E-state index is 11.9. The van der Waals surface area contributed by atoms with Crippen molar-refractivity contribution in [2.24, 2.45) is 5.92 Å². The Morgan fingerprint density at radius 2 is 1.95 bits per heavy atom. The third-order valence-corrected chi connectivity index (χ3v) is 3.70. The van der Waals surface area contributed by atoms with E-state index in [9.17, 15) is 9.59 Å². The SMILES string of the molecule is C=C1C[C@H](NC(=O)Nc2ccc(Cl)cc2)C[C@H]1C(C)=O. The molecule has 1 aliphatic rings. The summed E-state index contributed by atoms with van der Waals surface area (Å²) in [5.41, 5.74) is 1.57. The molecule has 1 aromatic rings. The number of carbonyl (C=O) groups excluding carboxylic acids is 2. The summed E-state index contributed by atoms with van der Waals surface area (Å²) >= 11 is 5.78. The molecule has 0 saturated heterocycles. The highest BCUT2D eigenvalue weighted by molar-refractivity contribution is 6.30. The molecule has 0 heterocycles. The predicted octanol–water partition coefficient (Wildman–Crippen LogP) is 3.39. The first-order chi connectivity index (χ1) is 9.45. The molecule has 1 saturated carbocycles. The summed E-state index contributed by atoms with van der Waals surface area (Å²) in [5, 5.41) is 6.21. The van der Waals surface area contributed by atoms with Gasteiger partial charge in [-0.05, 0) is 44.0 Å². The zero-order chi connectivity index (χ0) is 14.7. The maximum absolute atomic E-state index is 11.9. The van der Waals surface area contributed by atoms with Crippen molar-refractivity contribution in [3.05, 3.63) is 41.4 Å². The van der Waals surface area contributed by atoms with E-state index in [0.29, 0.717) is 23.6 Å². The van der Waals surface area contributed by atoms with Crippen molar-refractivity contribution in [2.75, 3.05) is 5.32 Å². The second kappa shape index (κ2) is 6.09. The van der Waals surface area contributed by atoms with Crippen LogP contribution in [0.1, 0.15) is 19.8 Å². The van der Waals surface area contributed by atoms with Gasteiger partial charge < -0.3 is 10.6 Å². The molecule has 2 N–H and O–H groups in total. The summed E-state index contributed by atoms with van der Waals surface area (Å²) in [5.74, 6) is -0.0201. The minimum absolute atomic E-state index is 0.0382. The highest BCUT2D eigenvalue weighted by Crippen LogP contribution is 2.30. The summed E-state index contributed by atoms with van der Waals surface area (Å²) in [6.07, 6.45) is 1.28. The lowest BCUT2D eigenvalue weighted by atomic mass is 10.0. The van der Waals surface area contributed by atoms with Gasteiger partial charge in [0.25, 0.3) is 0 Å². The van der Waals surface area contributed by atoms with Crippen LogP contribution in [0.4, 0.5) is 10.5 Å². The molecule has 1 aromatic carbocycles. The van der Waals surface area contributed by atoms with Gasteiger partial charge in [-0.2, -0.15) is 0 Å². The number of hydrogen-bond donors (Lipinski definition) is 2. The number of benzene rings is 1. The zero-order valence-electron chi connectivity index (χ0n) is 11.3. The van der Waals surface area contributed by atoms with Gasteiger partial charge in [-0.1, -0.05) is 23.8 Å². The Morgan fingerprint density at radius 3 is 2.50 bits per heavy atom. The Kier molecular flexibility index (Phi) is 4.45. The van der Waals surface area contributed by atoms with Gasteiger partial charge in [-0.3, -0.25) is 4.79 Å². The van der Waals surface area contributed by atoms with Crippen LogP contribution in [-0.4, -0.2) is 17.9 Å². The number of amides is 2. The lowest BCUT2D eigenvalue weighted by Crippen LogP contribution is -2.36. The van der Waals surface area contributed by atoms with Crippen molar-refractivity contribution in [3.63, 3.8) is 0 Å². The maximum Gasteiger partial charge on any atom is 0.319 e. The van der Waals surface area contributed by atoms with Crippen LogP contribution in [0.2, 0.25) is 5.02 Å². The van der Waals surface area contributed by atoms with Gasteiger partial charge in [0, 0.05) is 22.7 Å². The fourth-order valence-electron chi connectivity index (χ4n) is 2.44. The van der Waals surface area contributed by atoms with Gasteiger partial charge in [-0.15, -0.1) is 0 Å². The van der Waals surface area contributed by atoms with E-state index in [1.54, 1.807) is 31.2 Å². The third-order valence-electron chi connectivity index (χ3n) is 3.45. The Morgan fingerprint density at radius 1 is 1.30 bits per heavy atom. The molecular formula is C15H17ClN2O2. The van der Waals surface area contributed by atoms with Gasteiger partial charge >= 0.3 is 6.03 Å². The summed E-state index contributed by atoms with van der Waals surface area (Å²) in [4.78, 5) is 23.3. The number of carbonyl (C=O) groups is 2. The minimum Gasteiger partial charge on any atom is -0.335 e. The number of anilines is 1. The molecule has 0 spiro atoms. The standard InChI is InChI=1S/C15H17ClN2O2/c1-9-7-13(8-14(9)10(2)19)18-15(20)17-12-5-3-11(16)4-6-12/h3-6,13-14H,1,7-8H2,2H3,(H2,17,18,20)/t13-,14+/m0/s1. The van der Waals surface area contributed by atoms with E-state index in [4.69, 9.17) is 11.6 Å². The summed E-state index contributed by atoms with van der Waals surface area (Å²) in [7, 11) is 0. The molecule has 1 fully saturated rings. The molecule has 0 aliphatic heterocycles. The first kappa shape index (κ1) is 14.6. The molecule has 0 radical (unpaired) electrons. The second-order valence-corrected chi connectivity index (χ2v) is 5.50. The molecule has 4 nitrogen and oxygen atoms in total. The molecule has 20 heavy (non-hydrogen) atoms. The minimum atomic E-state index is -0.283. The Balaban J connectivity index is 1.88. The van der Waals surface area contributed by atoms with Crippen LogP contribution >= 0.6 is 11.6 Å². The number of urea groups is 1. The van der Waals surface area contributed by atoms with Crippen LogP contribution in [0, 0.1) is 5.92 Å². The largest absolute Gasteiger partial charge is 0.335 e. The lowest BCUT2D eigenvalue weighted by Gasteiger charge is -2.13. The molecule has 5 heteroatoms. The number of halogens is 1. The van der Waals surface area contributed by atoms with E-state index in [1.165, 1.54) is 0 Å². The van der Waals surface area contributed by atoms with Crippen LogP contribution < -0.4 is 10.6 Å². The zero-order valence-corrected chi connectivity index (χ0v) is 12.0. The Bertz CT molecular complexity index is 539. The number of ketones is 1. The Hall–Kier alpha value is -1.81. The molecule has 2 atom stereocenters. The molecule has 2 rings (SSSR count). The van der Waals surface area contributed by atoms with Crippen molar-refractivity contribution in [1.82, 2.24) is 5.32 Å². The van der Waals surface area contributed by atoms with Crippen LogP contribution in [0.25, 0.3) is 0 Å². The highest BCUT2D eigenvalue weighted by Gasteiger charge is 2.31. The van der Waals surface area contributed by atoms with E-state index in [2.05, 4.69) is 17.2 Å². The van der Waals surface area contributed by atoms with E-state index >= 15 is 0 Å². The topological polar surface area (TPSA) is 58.2 Å². The van der Waals surface area contributed by atoms with Crippen molar-refractivity contribution in [1.29, 1.82) is 0 Å². The van der Waals surface area contributed by atoms with Gasteiger partial charge in [-0.25, -0.2) is 4.79 Å². The molecule has 2 amide bonds. The van der Waals surface area contributed by atoms with E-state index < -0.39 is 0 Å². The van der Waals surface area contributed by atoms with Gasteiger partial charge in [0.15, 0.2) is 0 Å². The first-order valence-corrected chi connectivity index (χ1v) is 6.84. The lowest BCUT2D eigenvalue weighted by molar-refractivity contribution is -0.119. The number of nitrogens with one attached hydrogen (secondary N) is 2. The van der Waals surface area contributed by atoms with Crippen LogP contribution in [0.5, 0.6) is 0 Å². The van der Waals surface area contributed by atoms with Crippen LogP contribution in [0.3, 0.4) is 0 Å². The van der Waals surface area contributed by atoms with Gasteiger partial charge in [0.05, 0.1) is 0 Å². The van der Waals surface area contributed by atoms with Crippen molar-refractivity contribution in [3.8, 4) is 0 Å². The summed E-state index contributed by atoms with van der Waals surface area (Å²) in [6.45, 7) is 5.46. The number of rotatable bonds is 3. The fourth-order valence-corrected chi connectivity index (χ4v) is 2.57. The van der Waals surface area contributed by atoms with Crippen molar-refractivity contribution in [2.45, 2.75) is 25.8 Å². The molecule has 1 aliphatic carbocycles. The summed E-state index contributed by atoms with van der Waals surface area (Å²) in [6, 6.07) is 6.56. The molecule has 106 valence electrons.